The van der Waals surface area contributed by atoms with E-state index in [1.807, 2.05) is 43.3 Å². The van der Waals surface area contributed by atoms with Crippen molar-refractivity contribution in [2.24, 2.45) is 0 Å². The fraction of sp³-hybridized carbons (Fsp3) is 0.0769. The van der Waals surface area contributed by atoms with E-state index in [2.05, 4.69) is 11.4 Å². The summed E-state index contributed by atoms with van der Waals surface area (Å²) in [7, 11) is 0. The minimum Gasteiger partial charge on any atom is -0.307 e. The monoisotopic (exact) mass is 261 g/mol. The summed E-state index contributed by atoms with van der Waals surface area (Å²) in [5.41, 5.74) is 2.20. The molecule has 0 bridgehead atoms. The molecule has 1 aromatic rings. The molecule has 2 nitrogen and oxygen atoms in total. The molecule has 0 saturated carbocycles. The molecule has 0 atom stereocenters. The molecule has 1 heterocycles. The van der Waals surface area contributed by atoms with Gasteiger partial charge in [-0.25, -0.2) is 0 Å². The summed E-state index contributed by atoms with van der Waals surface area (Å²) in [6, 6.07) is 10.0. The van der Waals surface area contributed by atoms with Gasteiger partial charge in [0.2, 0.25) is 0 Å². The van der Waals surface area contributed by atoms with Crippen LogP contribution in [0.3, 0.4) is 0 Å². The Bertz CT molecular complexity index is 517. The van der Waals surface area contributed by atoms with E-state index in [0.717, 1.165) is 27.8 Å². The first-order valence-corrected chi connectivity index (χ1v) is 6.36. The molecule has 1 fully saturated rings. The number of hydrogen-bond donors (Lipinski definition) is 1. The van der Waals surface area contributed by atoms with Gasteiger partial charge in [-0.15, -0.1) is 0 Å². The Morgan fingerprint density at radius 3 is 2.65 bits per heavy atom. The van der Waals surface area contributed by atoms with Crippen LogP contribution in [0.4, 0.5) is 4.79 Å². The molecule has 1 saturated heterocycles. The lowest BCUT2D eigenvalue weighted by Crippen LogP contribution is -2.15. The Kier molecular flexibility index (Phi) is 3.76. The van der Waals surface area contributed by atoms with Crippen molar-refractivity contribution in [2.45, 2.75) is 6.92 Å². The molecule has 1 N–H and O–H groups in total. The number of thioether (sulfide) groups is 1. The largest absolute Gasteiger partial charge is 0.307 e. The minimum atomic E-state index is -0.103. The topological polar surface area (TPSA) is 29.1 Å². The maximum atomic E-state index is 11.1. The predicted octanol–water partition coefficient (Wildman–Crippen LogP) is 3.76. The summed E-state index contributed by atoms with van der Waals surface area (Å²) < 4.78 is 0. The third-order valence-corrected chi connectivity index (χ3v) is 3.48. The van der Waals surface area contributed by atoms with E-state index in [9.17, 15) is 4.79 Å². The van der Waals surface area contributed by atoms with Crippen LogP contribution in [0.2, 0.25) is 0 Å². The van der Waals surface area contributed by atoms with E-state index < -0.39 is 0 Å². The van der Waals surface area contributed by atoms with E-state index in [1.54, 1.807) is 0 Å². The van der Waals surface area contributed by atoms with Crippen LogP contribution in [0, 0.1) is 0 Å². The number of thiocarbonyl (C=S) groups is 1. The maximum Gasteiger partial charge on any atom is 0.289 e. The number of allylic oxidation sites excluding steroid dienone is 2. The highest BCUT2D eigenvalue weighted by Gasteiger charge is 2.21. The van der Waals surface area contributed by atoms with Crippen molar-refractivity contribution in [2.75, 3.05) is 0 Å². The van der Waals surface area contributed by atoms with Crippen LogP contribution in [0.25, 0.3) is 6.08 Å². The third-order valence-electron chi connectivity index (χ3n) is 2.19. The molecule has 86 valence electrons. The standard InChI is InChI=1S/C13H11NOS2/c1-9(7-10-5-3-2-4-6-10)8-11-12(16)14-13(15)17-11/h2-8H,1H3,(H,14,15,16)/b9-7-,11-8+. The van der Waals surface area contributed by atoms with Gasteiger partial charge in [0.15, 0.2) is 0 Å². The summed E-state index contributed by atoms with van der Waals surface area (Å²) in [5.74, 6) is 0. The number of benzene rings is 1. The molecule has 2 rings (SSSR count). The molecular formula is C13H11NOS2. The average molecular weight is 261 g/mol. The summed E-state index contributed by atoms with van der Waals surface area (Å²) in [6.07, 6.45) is 3.98. The van der Waals surface area contributed by atoms with Crippen molar-refractivity contribution in [3.8, 4) is 0 Å². The van der Waals surface area contributed by atoms with Gasteiger partial charge in [-0.05, 0) is 35.9 Å². The Hall–Kier alpha value is -1.39. The Balaban J connectivity index is 2.19. The highest BCUT2D eigenvalue weighted by molar-refractivity contribution is 8.19. The number of amides is 1. The predicted molar refractivity (Wildman–Crippen MR) is 76.9 cm³/mol. The zero-order valence-electron chi connectivity index (χ0n) is 9.27. The maximum absolute atomic E-state index is 11.1. The van der Waals surface area contributed by atoms with Gasteiger partial charge < -0.3 is 5.32 Å². The van der Waals surface area contributed by atoms with Gasteiger partial charge in [0.05, 0.1) is 4.91 Å². The van der Waals surface area contributed by atoms with Crippen molar-refractivity contribution in [1.29, 1.82) is 0 Å². The summed E-state index contributed by atoms with van der Waals surface area (Å²) >= 11 is 6.19. The van der Waals surface area contributed by atoms with E-state index in [-0.39, 0.29) is 5.24 Å². The van der Waals surface area contributed by atoms with Gasteiger partial charge in [0.25, 0.3) is 5.24 Å². The van der Waals surface area contributed by atoms with Crippen molar-refractivity contribution >= 4 is 40.3 Å². The van der Waals surface area contributed by atoms with E-state index in [4.69, 9.17) is 12.2 Å². The molecule has 0 aliphatic carbocycles. The lowest BCUT2D eigenvalue weighted by atomic mass is 10.1. The van der Waals surface area contributed by atoms with Crippen LogP contribution in [0.5, 0.6) is 0 Å². The van der Waals surface area contributed by atoms with Crippen LogP contribution in [-0.4, -0.2) is 10.2 Å². The zero-order valence-corrected chi connectivity index (χ0v) is 10.9. The molecule has 1 aliphatic rings. The quantitative estimate of drug-likeness (QED) is 0.649. The SMILES string of the molecule is CC(=C/c1ccccc1)/C=C1/SC(=O)NC1=S. The number of carbonyl (C=O) groups excluding carboxylic acids is 1. The van der Waals surface area contributed by atoms with E-state index in [0.29, 0.717) is 4.99 Å². The average Bonchev–Trinajstić information content (AvgIpc) is 2.58. The molecule has 0 spiro atoms. The highest BCUT2D eigenvalue weighted by Crippen LogP contribution is 2.25. The normalized spacial score (nSPS) is 18.6. The van der Waals surface area contributed by atoms with Crippen molar-refractivity contribution in [3.63, 3.8) is 0 Å². The number of rotatable bonds is 2. The van der Waals surface area contributed by atoms with Crippen LogP contribution in [-0.2, 0) is 0 Å². The lowest BCUT2D eigenvalue weighted by Gasteiger charge is -1.97. The first-order valence-electron chi connectivity index (χ1n) is 5.13. The molecule has 1 amide bonds. The van der Waals surface area contributed by atoms with Gasteiger partial charge in [0, 0.05) is 0 Å². The molecule has 1 aliphatic heterocycles. The summed E-state index contributed by atoms with van der Waals surface area (Å²) in [4.78, 5) is 12.4. The third kappa shape index (κ3) is 3.28. The Labute approximate surface area is 110 Å². The van der Waals surface area contributed by atoms with E-state index >= 15 is 0 Å². The summed E-state index contributed by atoms with van der Waals surface area (Å²) in [6.45, 7) is 1.99. The van der Waals surface area contributed by atoms with Gasteiger partial charge in [0.1, 0.15) is 4.99 Å². The molecule has 0 radical (unpaired) electrons. The van der Waals surface area contributed by atoms with Gasteiger partial charge in [-0.2, -0.15) is 0 Å². The van der Waals surface area contributed by atoms with Crippen LogP contribution in [0.15, 0.2) is 46.9 Å². The fourth-order valence-corrected chi connectivity index (χ4v) is 2.56. The second kappa shape index (κ2) is 5.29. The number of nitrogens with one attached hydrogen (secondary N) is 1. The fourth-order valence-electron chi connectivity index (χ4n) is 1.48. The second-order valence-electron chi connectivity index (χ2n) is 3.65. The first kappa shape index (κ1) is 12.1. The second-order valence-corrected chi connectivity index (χ2v) is 5.07. The first-order chi connectivity index (χ1) is 8.15. The number of carbonyl (C=O) groups is 1. The minimum absolute atomic E-state index is 0.103. The molecule has 0 aromatic heterocycles. The van der Waals surface area contributed by atoms with Gasteiger partial charge in [-0.3, -0.25) is 4.79 Å². The Morgan fingerprint density at radius 2 is 2.06 bits per heavy atom. The Morgan fingerprint density at radius 1 is 1.35 bits per heavy atom. The van der Waals surface area contributed by atoms with E-state index in [1.165, 1.54) is 0 Å². The molecule has 17 heavy (non-hydrogen) atoms. The smallest absolute Gasteiger partial charge is 0.289 e. The van der Waals surface area contributed by atoms with Crippen molar-refractivity contribution in [1.82, 2.24) is 5.32 Å². The molecule has 4 heteroatoms. The molecule has 1 aromatic carbocycles. The highest BCUT2D eigenvalue weighted by atomic mass is 32.2. The van der Waals surface area contributed by atoms with Crippen LogP contribution in [0.1, 0.15) is 12.5 Å². The van der Waals surface area contributed by atoms with Crippen molar-refractivity contribution < 1.29 is 4.79 Å². The zero-order chi connectivity index (χ0) is 12.3. The lowest BCUT2D eigenvalue weighted by molar-refractivity contribution is 0.265. The van der Waals surface area contributed by atoms with Crippen LogP contribution >= 0.6 is 24.0 Å². The van der Waals surface area contributed by atoms with Crippen molar-refractivity contribution in [3.05, 3.63) is 52.4 Å². The van der Waals surface area contributed by atoms with Crippen LogP contribution < -0.4 is 5.32 Å². The van der Waals surface area contributed by atoms with Gasteiger partial charge in [-0.1, -0.05) is 48.6 Å². The summed E-state index contributed by atoms with van der Waals surface area (Å²) in [5, 5.41) is 2.49. The molecule has 0 unspecified atom stereocenters. The molecular weight excluding hydrogens is 250 g/mol. The number of hydrogen-bond acceptors (Lipinski definition) is 3. The van der Waals surface area contributed by atoms with Gasteiger partial charge >= 0.3 is 0 Å².